The van der Waals surface area contributed by atoms with E-state index in [0.29, 0.717) is 18.3 Å². The van der Waals surface area contributed by atoms with E-state index in [1.54, 1.807) is 14.2 Å². The van der Waals surface area contributed by atoms with Crippen molar-refractivity contribution in [2.75, 3.05) is 21.3 Å². The molecular weight excluding hydrogens is 330 g/mol. The van der Waals surface area contributed by atoms with Crippen LogP contribution in [0, 0.1) is 6.92 Å². The molecule has 0 spiro atoms. The van der Waals surface area contributed by atoms with Crippen LogP contribution in [0.5, 0.6) is 11.5 Å². The molecule has 26 heavy (non-hydrogen) atoms. The van der Waals surface area contributed by atoms with Crippen molar-refractivity contribution in [1.82, 2.24) is 15.0 Å². The van der Waals surface area contributed by atoms with Crippen LogP contribution in [0.3, 0.4) is 0 Å². The van der Waals surface area contributed by atoms with Crippen molar-refractivity contribution in [2.24, 2.45) is 0 Å². The van der Waals surface area contributed by atoms with Crippen molar-refractivity contribution in [3.63, 3.8) is 0 Å². The van der Waals surface area contributed by atoms with Gasteiger partial charge in [-0.05, 0) is 37.2 Å². The van der Waals surface area contributed by atoms with Crippen molar-refractivity contribution in [3.05, 3.63) is 59.5 Å². The van der Waals surface area contributed by atoms with Gasteiger partial charge in [0.15, 0.2) is 11.5 Å². The first kappa shape index (κ1) is 17.9. The van der Waals surface area contributed by atoms with Gasteiger partial charge in [0.25, 0.3) is 0 Å². The van der Waals surface area contributed by atoms with Crippen LogP contribution in [0.1, 0.15) is 17.0 Å². The van der Waals surface area contributed by atoms with Gasteiger partial charge in [-0.15, -0.1) is 0 Å². The van der Waals surface area contributed by atoms with E-state index in [0.717, 1.165) is 34.7 Å². The lowest BCUT2D eigenvalue weighted by molar-refractivity contribution is 0.260. The van der Waals surface area contributed by atoms with Crippen LogP contribution < -0.4 is 9.47 Å². The molecule has 0 N–H and O–H groups in total. The summed E-state index contributed by atoms with van der Waals surface area (Å²) in [5.74, 6) is 2.65. The smallest absolute Gasteiger partial charge is 0.241 e. The molecule has 1 aromatic heterocycles. The van der Waals surface area contributed by atoms with Crippen LogP contribution in [0.4, 0.5) is 0 Å². The summed E-state index contributed by atoms with van der Waals surface area (Å²) < 4.78 is 16.0. The molecule has 136 valence electrons. The van der Waals surface area contributed by atoms with E-state index in [1.807, 2.05) is 56.4 Å². The first-order valence-corrected chi connectivity index (χ1v) is 8.38. The average Bonchev–Trinajstić information content (AvgIpc) is 3.10. The van der Waals surface area contributed by atoms with E-state index >= 15 is 0 Å². The average molecular weight is 353 g/mol. The largest absolute Gasteiger partial charge is 0.493 e. The lowest BCUT2D eigenvalue weighted by Crippen LogP contribution is -2.17. The summed E-state index contributed by atoms with van der Waals surface area (Å²) in [6, 6.07) is 13.9. The quantitative estimate of drug-likeness (QED) is 0.645. The second kappa shape index (κ2) is 8.01. The number of aromatic nitrogens is 2. The zero-order valence-electron chi connectivity index (χ0n) is 15.5. The number of rotatable bonds is 7. The van der Waals surface area contributed by atoms with Crippen molar-refractivity contribution < 1.29 is 14.0 Å². The van der Waals surface area contributed by atoms with Crippen LogP contribution in [-0.4, -0.2) is 36.3 Å². The molecule has 0 aliphatic carbocycles. The summed E-state index contributed by atoms with van der Waals surface area (Å²) in [5.41, 5.74) is 3.23. The molecule has 0 fully saturated rings. The molecule has 0 bridgehead atoms. The third-order valence-corrected chi connectivity index (χ3v) is 4.16. The van der Waals surface area contributed by atoms with Crippen molar-refractivity contribution in [2.45, 2.75) is 20.0 Å². The molecule has 1 heterocycles. The Labute approximate surface area is 153 Å². The number of benzene rings is 2. The molecule has 6 nitrogen and oxygen atoms in total. The van der Waals surface area contributed by atoms with Gasteiger partial charge in [-0.25, -0.2) is 0 Å². The van der Waals surface area contributed by atoms with Gasteiger partial charge in [-0.3, -0.25) is 4.90 Å². The molecule has 2 aromatic carbocycles. The highest BCUT2D eigenvalue weighted by Crippen LogP contribution is 2.28. The first-order valence-electron chi connectivity index (χ1n) is 8.38. The summed E-state index contributed by atoms with van der Waals surface area (Å²) in [5, 5.41) is 4.11. The molecule has 0 saturated heterocycles. The summed E-state index contributed by atoms with van der Waals surface area (Å²) >= 11 is 0. The minimum Gasteiger partial charge on any atom is -0.493 e. The fourth-order valence-corrected chi connectivity index (χ4v) is 2.83. The maximum Gasteiger partial charge on any atom is 0.241 e. The Bertz CT molecular complexity index is 876. The highest BCUT2D eigenvalue weighted by atomic mass is 16.5. The SMILES string of the molecule is COc1ccc(CN(C)Cc2nc(-c3ccccc3C)no2)cc1OC. The standard InChI is InChI=1S/C20H23N3O3/c1-14-7-5-6-8-16(14)20-21-19(26-22-20)13-23(2)12-15-9-10-17(24-3)18(11-15)25-4/h5-11H,12-13H2,1-4H3. The van der Waals surface area contributed by atoms with Gasteiger partial charge in [-0.2, -0.15) is 4.98 Å². The number of aryl methyl sites for hydroxylation is 1. The molecule has 3 rings (SSSR count). The fourth-order valence-electron chi connectivity index (χ4n) is 2.83. The summed E-state index contributed by atoms with van der Waals surface area (Å²) in [7, 11) is 5.27. The molecule has 0 saturated carbocycles. The van der Waals surface area contributed by atoms with Crippen molar-refractivity contribution >= 4 is 0 Å². The number of hydrogen-bond donors (Lipinski definition) is 0. The van der Waals surface area contributed by atoms with Gasteiger partial charge in [-0.1, -0.05) is 35.5 Å². The van der Waals surface area contributed by atoms with E-state index in [4.69, 9.17) is 14.0 Å². The molecule has 0 aliphatic heterocycles. The van der Waals surface area contributed by atoms with Crippen LogP contribution >= 0.6 is 0 Å². The third kappa shape index (κ3) is 4.03. The Balaban J connectivity index is 1.67. The highest BCUT2D eigenvalue weighted by molar-refractivity contribution is 5.58. The lowest BCUT2D eigenvalue weighted by atomic mass is 10.1. The molecule has 3 aromatic rings. The molecule has 0 amide bonds. The van der Waals surface area contributed by atoms with Crippen LogP contribution in [0.15, 0.2) is 47.0 Å². The topological polar surface area (TPSA) is 60.6 Å². The van der Waals surface area contributed by atoms with Gasteiger partial charge in [0.1, 0.15) is 0 Å². The van der Waals surface area contributed by atoms with E-state index in [1.165, 1.54) is 0 Å². The van der Waals surface area contributed by atoms with Gasteiger partial charge in [0.05, 0.1) is 20.8 Å². The van der Waals surface area contributed by atoms with Gasteiger partial charge in [0, 0.05) is 12.1 Å². The van der Waals surface area contributed by atoms with Crippen LogP contribution in [0.25, 0.3) is 11.4 Å². The highest BCUT2D eigenvalue weighted by Gasteiger charge is 2.13. The van der Waals surface area contributed by atoms with Crippen molar-refractivity contribution in [3.8, 4) is 22.9 Å². The first-order chi connectivity index (χ1) is 12.6. The normalized spacial score (nSPS) is 11.0. The van der Waals surface area contributed by atoms with E-state index < -0.39 is 0 Å². The fraction of sp³-hybridized carbons (Fsp3) is 0.300. The van der Waals surface area contributed by atoms with E-state index in [-0.39, 0.29) is 0 Å². The van der Waals surface area contributed by atoms with Crippen molar-refractivity contribution in [1.29, 1.82) is 0 Å². The number of hydrogen-bond acceptors (Lipinski definition) is 6. The van der Waals surface area contributed by atoms with Gasteiger partial charge >= 0.3 is 0 Å². The Morgan fingerprint density at radius 1 is 1.00 bits per heavy atom. The zero-order chi connectivity index (χ0) is 18.5. The number of ether oxygens (including phenoxy) is 2. The Morgan fingerprint density at radius 2 is 1.77 bits per heavy atom. The monoisotopic (exact) mass is 353 g/mol. The van der Waals surface area contributed by atoms with Crippen LogP contribution in [-0.2, 0) is 13.1 Å². The van der Waals surface area contributed by atoms with Gasteiger partial charge < -0.3 is 14.0 Å². The zero-order valence-corrected chi connectivity index (χ0v) is 15.5. The molecular formula is C20H23N3O3. The minimum absolute atomic E-state index is 0.563. The van der Waals surface area contributed by atoms with E-state index in [9.17, 15) is 0 Å². The Hall–Kier alpha value is -2.86. The summed E-state index contributed by atoms with van der Waals surface area (Å²) in [4.78, 5) is 6.63. The minimum atomic E-state index is 0.563. The molecule has 0 aliphatic rings. The molecule has 0 atom stereocenters. The predicted octanol–water partition coefficient (Wildman–Crippen LogP) is 3.69. The maximum atomic E-state index is 5.42. The third-order valence-electron chi connectivity index (χ3n) is 4.16. The predicted molar refractivity (Wildman–Crippen MR) is 99.2 cm³/mol. The maximum absolute atomic E-state index is 5.42. The Morgan fingerprint density at radius 3 is 2.50 bits per heavy atom. The molecule has 0 radical (unpaired) electrons. The molecule has 0 unspecified atom stereocenters. The lowest BCUT2D eigenvalue weighted by Gasteiger charge is -2.15. The summed E-state index contributed by atoms with van der Waals surface area (Å²) in [6.07, 6.45) is 0. The van der Waals surface area contributed by atoms with Gasteiger partial charge in [0.2, 0.25) is 11.7 Å². The van der Waals surface area contributed by atoms with E-state index in [2.05, 4.69) is 15.0 Å². The number of methoxy groups -OCH3 is 2. The summed E-state index contributed by atoms with van der Waals surface area (Å²) in [6.45, 7) is 3.32. The second-order valence-electron chi connectivity index (χ2n) is 6.19. The Kier molecular flexibility index (Phi) is 5.53. The molecule has 6 heteroatoms. The van der Waals surface area contributed by atoms with Crippen LogP contribution in [0.2, 0.25) is 0 Å². The number of nitrogens with zero attached hydrogens (tertiary/aromatic N) is 3. The second-order valence-corrected chi connectivity index (χ2v) is 6.19.